The number of hydrogen-bond acceptors (Lipinski definition) is 6. The lowest BCUT2D eigenvalue weighted by atomic mass is 9.72. The maximum absolute atomic E-state index is 12.5. The monoisotopic (exact) mass is 370 g/mol. The molecule has 0 aliphatic heterocycles. The minimum atomic E-state index is -0.478. The van der Waals surface area contributed by atoms with Crippen LogP contribution in [0.1, 0.15) is 35.8 Å². The molecule has 0 amide bonds. The molecule has 1 fully saturated rings. The van der Waals surface area contributed by atoms with E-state index in [1.807, 2.05) is 18.2 Å². The van der Waals surface area contributed by atoms with Crippen LogP contribution in [-0.2, 0) is 28.6 Å². The zero-order valence-corrected chi connectivity index (χ0v) is 15.6. The van der Waals surface area contributed by atoms with Crippen molar-refractivity contribution in [3.63, 3.8) is 0 Å². The van der Waals surface area contributed by atoms with Crippen LogP contribution in [0.5, 0.6) is 0 Å². The van der Waals surface area contributed by atoms with Crippen molar-refractivity contribution in [2.45, 2.75) is 24.7 Å². The Morgan fingerprint density at radius 3 is 2.07 bits per heavy atom. The second-order valence-electron chi connectivity index (χ2n) is 7.38. The highest BCUT2D eigenvalue weighted by atomic mass is 16.5. The Bertz CT molecular complexity index is 854. The Kier molecular flexibility index (Phi) is 4.29. The van der Waals surface area contributed by atoms with Crippen LogP contribution < -0.4 is 0 Å². The molecule has 5 atom stereocenters. The number of benzene rings is 1. The number of methoxy groups -OCH3 is 3. The first-order chi connectivity index (χ1) is 13.0. The molecule has 3 aliphatic carbocycles. The summed E-state index contributed by atoms with van der Waals surface area (Å²) in [5.74, 6) is -1.28. The predicted molar refractivity (Wildman–Crippen MR) is 94.7 cm³/mol. The van der Waals surface area contributed by atoms with Crippen molar-refractivity contribution in [1.82, 2.24) is 0 Å². The zero-order valence-electron chi connectivity index (χ0n) is 15.6. The van der Waals surface area contributed by atoms with Gasteiger partial charge in [-0.2, -0.15) is 0 Å². The van der Waals surface area contributed by atoms with E-state index in [-0.39, 0.29) is 42.0 Å². The third kappa shape index (κ3) is 2.42. The molecule has 27 heavy (non-hydrogen) atoms. The van der Waals surface area contributed by atoms with Crippen LogP contribution in [-0.4, -0.2) is 39.2 Å². The molecule has 6 heteroatoms. The highest BCUT2D eigenvalue weighted by Gasteiger charge is 2.61. The van der Waals surface area contributed by atoms with Crippen molar-refractivity contribution in [2.24, 2.45) is 17.8 Å². The molecule has 142 valence electrons. The summed E-state index contributed by atoms with van der Waals surface area (Å²) in [6.07, 6.45) is 0.968. The number of fused-ring (bicyclic) bond motifs is 7. The van der Waals surface area contributed by atoms with Gasteiger partial charge in [0.25, 0.3) is 0 Å². The summed E-state index contributed by atoms with van der Waals surface area (Å²) in [6, 6.07) is 8.04. The first kappa shape index (κ1) is 17.8. The molecule has 0 radical (unpaired) electrons. The minimum absolute atomic E-state index is 0.0347. The molecule has 4 rings (SSSR count). The molecular formula is C21H22O6. The third-order valence-corrected chi connectivity index (χ3v) is 6.50. The van der Waals surface area contributed by atoms with Gasteiger partial charge in [0.1, 0.15) is 0 Å². The van der Waals surface area contributed by atoms with Crippen molar-refractivity contribution < 1.29 is 28.6 Å². The lowest BCUT2D eigenvalue weighted by Crippen LogP contribution is -2.30. The van der Waals surface area contributed by atoms with Gasteiger partial charge in [-0.25, -0.2) is 9.59 Å². The quantitative estimate of drug-likeness (QED) is 0.598. The maximum Gasteiger partial charge on any atom is 0.334 e. The number of rotatable bonds is 4. The van der Waals surface area contributed by atoms with E-state index >= 15 is 0 Å². The van der Waals surface area contributed by atoms with Gasteiger partial charge in [-0.15, -0.1) is 0 Å². The molecule has 2 bridgehead atoms. The van der Waals surface area contributed by atoms with Crippen molar-refractivity contribution in [3.8, 4) is 0 Å². The highest BCUT2D eigenvalue weighted by molar-refractivity contribution is 6.03. The Morgan fingerprint density at radius 1 is 0.889 bits per heavy atom. The highest BCUT2D eigenvalue weighted by Crippen LogP contribution is 2.67. The lowest BCUT2D eigenvalue weighted by molar-refractivity contribution is -0.141. The summed E-state index contributed by atoms with van der Waals surface area (Å²) in [4.78, 5) is 37.0. The maximum atomic E-state index is 12.5. The molecule has 3 aliphatic rings. The smallest absolute Gasteiger partial charge is 0.334 e. The summed E-state index contributed by atoms with van der Waals surface area (Å²) >= 11 is 0. The van der Waals surface area contributed by atoms with E-state index in [0.29, 0.717) is 17.6 Å². The summed E-state index contributed by atoms with van der Waals surface area (Å²) in [5, 5.41) is 0. The molecule has 0 spiro atoms. The number of carbonyl (C=O) groups excluding carboxylic acids is 3. The summed E-state index contributed by atoms with van der Waals surface area (Å²) in [6.45, 7) is 0. The van der Waals surface area contributed by atoms with E-state index in [4.69, 9.17) is 14.2 Å². The van der Waals surface area contributed by atoms with Gasteiger partial charge in [0, 0.05) is 0 Å². The van der Waals surface area contributed by atoms with Gasteiger partial charge in [0.15, 0.2) is 0 Å². The second kappa shape index (κ2) is 6.51. The molecule has 0 aromatic heterocycles. The van der Waals surface area contributed by atoms with Gasteiger partial charge in [0.2, 0.25) is 0 Å². The van der Waals surface area contributed by atoms with Crippen LogP contribution >= 0.6 is 0 Å². The Balaban J connectivity index is 1.84. The van der Waals surface area contributed by atoms with Crippen molar-refractivity contribution in [3.05, 3.63) is 46.5 Å². The van der Waals surface area contributed by atoms with Gasteiger partial charge < -0.3 is 14.2 Å². The first-order valence-electron chi connectivity index (χ1n) is 9.09. The molecule has 1 aromatic rings. The molecule has 0 unspecified atom stereocenters. The SMILES string of the molecule is COC(=O)C[C@@H]1c2ccccc2[C@@H]2[C@H]1[C@@H]1C[C@H]2C(C(=O)OC)=C1C(=O)OC. The van der Waals surface area contributed by atoms with E-state index in [9.17, 15) is 14.4 Å². The average Bonchev–Trinajstić information content (AvgIpc) is 3.35. The first-order valence-corrected chi connectivity index (χ1v) is 9.09. The van der Waals surface area contributed by atoms with Crippen molar-refractivity contribution >= 4 is 17.9 Å². The molecular weight excluding hydrogens is 348 g/mol. The molecule has 1 aromatic carbocycles. The van der Waals surface area contributed by atoms with Crippen LogP contribution in [0.2, 0.25) is 0 Å². The van der Waals surface area contributed by atoms with Crippen LogP contribution in [0.25, 0.3) is 0 Å². The van der Waals surface area contributed by atoms with Crippen LogP contribution in [0.3, 0.4) is 0 Å². The van der Waals surface area contributed by atoms with E-state index in [1.54, 1.807) is 0 Å². The van der Waals surface area contributed by atoms with E-state index in [2.05, 4.69) is 6.07 Å². The summed E-state index contributed by atoms with van der Waals surface area (Å²) in [5.41, 5.74) is 3.15. The number of hydrogen-bond donors (Lipinski definition) is 0. The molecule has 1 saturated carbocycles. The predicted octanol–water partition coefficient (Wildman–Crippen LogP) is 2.34. The van der Waals surface area contributed by atoms with Crippen LogP contribution in [0, 0.1) is 17.8 Å². The lowest BCUT2D eigenvalue weighted by Gasteiger charge is -2.31. The standard InChI is InChI=1S/C21H22O6/c1-25-15(22)9-12-10-6-4-5-7-11(10)16-13-8-14(17(12)16)19(21(24)27-3)18(13)20(23)26-2/h4-7,12-14,16-17H,8-9H2,1-3H3/t12-,13-,14+,16+,17-/m1/s1. The number of ether oxygens (including phenoxy) is 3. The fourth-order valence-electron chi connectivity index (χ4n) is 5.67. The van der Waals surface area contributed by atoms with Gasteiger partial charge in [0.05, 0.1) is 38.9 Å². The number of esters is 3. The summed E-state index contributed by atoms with van der Waals surface area (Å²) in [7, 11) is 4.04. The topological polar surface area (TPSA) is 78.9 Å². The average molecular weight is 370 g/mol. The zero-order chi connectivity index (χ0) is 19.3. The van der Waals surface area contributed by atoms with Crippen LogP contribution in [0.4, 0.5) is 0 Å². The van der Waals surface area contributed by atoms with Gasteiger partial charge in [-0.1, -0.05) is 24.3 Å². The van der Waals surface area contributed by atoms with Crippen molar-refractivity contribution in [1.29, 1.82) is 0 Å². The van der Waals surface area contributed by atoms with E-state index < -0.39 is 11.9 Å². The Labute approximate surface area is 157 Å². The third-order valence-electron chi connectivity index (χ3n) is 6.50. The fraction of sp³-hybridized carbons (Fsp3) is 0.476. The fourth-order valence-corrected chi connectivity index (χ4v) is 5.67. The Morgan fingerprint density at radius 2 is 1.48 bits per heavy atom. The van der Waals surface area contributed by atoms with Crippen molar-refractivity contribution in [2.75, 3.05) is 21.3 Å². The Hall–Kier alpha value is -2.63. The van der Waals surface area contributed by atoms with Gasteiger partial charge >= 0.3 is 17.9 Å². The molecule has 6 nitrogen and oxygen atoms in total. The number of carbonyl (C=O) groups is 3. The summed E-state index contributed by atoms with van der Waals surface area (Å²) < 4.78 is 14.9. The largest absolute Gasteiger partial charge is 0.469 e. The second-order valence-corrected chi connectivity index (χ2v) is 7.38. The minimum Gasteiger partial charge on any atom is -0.469 e. The van der Waals surface area contributed by atoms with Gasteiger partial charge in [-0.05, 0) is 47.1 Å². The molecule has 0 heterocycles. The normalized spacial score (nSPS) is 30.0. The molecule has 0 N–H and O–H groups in total. The van der Waals surface area contributed by atoms with Crippen LogP contribution in [0.15, 0.2) is 35.4 Å². The van der Waals surface area contributed by atoms with E-state index in [1.165, 1.54) is 21.3 Å². The molecule has 0 saturated heterocycles. The van der Waals surface area contributed by atoms with E-state index in [0.717, 1.165) is 11.1 Å². The van der Waals surface area contributed by atoms with Gasteiger partial charge in [-0.3, -0.25) is 4.79 Å².